The second-order valence-electron chi connectivity index (χ2n) is 9.55. The Morgan fingerprint density at radius 3 is 2.30 bits per heavy atom. The second kappa shape index (κ2) is 12.9. The quantitative estimate of drug-likeness (QED) is 0.452. The summed E-state index contributed by atoms with van der Waals surface area (Å²) in [4.78, 5) is 28.5. The van der Waals surface area contributed by atoms with Gasteiger partial charge in [-0.05, 0) is 69.0 Å². The zero-order valence-corrected chi connectivity index (χ0v) is 23.9. The van der Waals surface area contributed by atoms with Gasteiger partial charge >= 0.3 is 10.2 Å². The smallest absolute Gasteiger partial charge is 0.304 e. The lowest BCUT2D eigenvalue weighted by molar-refractivity contribution is -0.140. The topological polar surface area (TPSA) is 99.3 Å². The Morgan fingerprint density at radius 2 is 1.73 bits per heavy atom. The van der Waals surface area contributed by atoms with Gasteiger partial charge in [0.2, 0.25) is 11.8 Å². The van der Waals surface area contributed by atoms with E-state index in [-0.39, 0.29) is 18.5 Å². The van der Waals surface area contributed by atoms with Crippen molar-refractivity contribution in [3.05, 3.63) is 59.2 Å². The third-order valence-electron chi connectivity index (χ3n) is 5.96. The van der Waals surface area contributed by atoms with Gasteiger partial charge in [0.25, 0.3) is 0 Å². The van der Waals surface area contributed by atoms with Crippen molar-refractivity contribution in [3.8, 4) is 5.75 Å². The summed E-state index contributed by atoms with van der Waals surface area (Å²) < 4.78 is 34.3. The fourth-order valence-corrected chi connectivity index (χ4v) is 5.07. The largest absolute Gasteiger partial charge is 0.497 e. The first-order chi connectivity index (χ1) is 17.3. The minimum absolute atomic E-state index is 0.114. The number of nitrogens with zero attached hydrogens (tertiary/aromatic N) is 3. The van der Waals surface area contributed by atoms with E-state index in [1.165, 1.54) is 19.0 Å². The molecule has 0 fully saturated rings. The van der Waals surface area contributed by atoms with Gasteiger partial charge in [-0.15, -0.1) is 0 Å². The second-order valence-corrected chi connectivity index (χ2v) is 11.6. The van der Waals surface area contributed by atoms with Crippen LogP contribution in [0, 0.1) is 13.8 Å². The summed E-state index contributed by atoms with van der Waals surface area (Å²) >= 11 is 0. The highest BCUT2D eigenvalue weighted by molar-refractivity contribution is 7.90. The monoisotopic (exact) mass is 532 g/mol. The minimum Gasteiger partial charge on any atom is -0.497 e. The van der Waals surface area contributed by atoms with Gasteiger partial charge in [0, 0.05) is 26.7 Å². The molecule has 0 aliphatic rings. The average molecular weight is 533 g/mol. The lowest BCUT2D eigenvalue weighted by Gasteiger charge is -2.34. The van der Waals surface area contributed by atoms with Gasteiger partial charge in [0.15, 0.2) is 0 Å². The SMILES string of the molecule is CC[C@H](C(=O)NC(C)C)N(Cc1cccc(OC)c1)C(=O)CN(c1cc(C)ccc1C)S(=O)(=O)N(C)C. The molecule has 0 aliphatic carbocycles. The van der Waals surface area contributed by atoms with Crippen molar-refractivity contribution in [2.75, 3.05) is 32.1 Å². The van der Waals surface area contributed by atoms with E-state index >= 15 is 0 Å². The third kappa shape index (κ3) is 7.69. The molecule has 1 atom stereocenters. The van der Waals surface area contributed by atoms with Crippen molar-refractivity contribution in [2.24, 2.45) is 0 Å². The van der Waals surface area contributed by atoms with Crippen molar-refractivity contribution in [2.45, 2.75) is 59.7 Å². The van der Waals surface area contributed by atoms with Crippen molar-refractivity contribution >= 4 is 27.7 Å². The molecule has 0 radical (unpaired) electrons. The van der Waals surface area contributed by atoms with Crippen LogP contribution in [-0.2, 0) is 26.3 Å². The molecule has 0 saturated heterocycles. The summed E-state index contributed by atoms with van der Waals surface area (Å²) in [5, 5.41) is 2.89. The normalized spacial score (nSPS) is 12.4. The maximum Gasteiger partial charge on any atom is 0.304 e. The lowest BCUT2D eigenvalue weighted by atomic mass is 10.1. The van der Waals surface area contributed by atoms with Crippen LogP contribution >= 0.6 is 0 Å². The number of aryl methyl sites for hydroxylation is 2. The molecule has 0 unspecified atom stereocenters. The molecule has 2 aromatic rings. The van der Waals surface area contributed by atoms with E-state index in [4.69, 9.17) is 4.74 Å². The number of anilines is 1. The van der Waals surface area contributed by atoms with Gasteiger partial charge in [-0.1, -0.05) is 31.2 Å². The average Bonchev–Trinajstić information content (AvgIpc) is 2.83. The van der Waals surface area contributed by atoms with E-state index in [1.54, 1.807) is 32.2 Å². The number of carbonyl (C=O) groups is 2. The molecule has 2 aromatic carbocycles. The van der Waals surface area contributed by atoms with Crippen LogP contribution in [-0.4, -0.2) is 69.3 Å². The van der Waals surface area contributed by atoms with Crippen LogP contribution in [0.4, 0.5) is 5.69 Å². The van der Waals surface area contributed by atoms with Crippen molar-refractivity contribution in [1.29, 1.82) is 0 Å². The fraction of sp³-hybridized carbons (Fsp3) is 0.481. The van der Waals surface area contributed by atoms with Crippen LogP contribution in [0.5, 0.6) is 5.75 Å². The van der Waals surface area contributed by atoms with E-state index in [0.717, 1.165) is 19.7 Å². The molecule has 1 N–H and O–H groups in total. The summed E-state index contributed by atoms with van der Waals surface area (Å²) in [5.41, 5.74) is 2.76. The summed E-state index contributed by atoms with van der Waals surface area (Å²) in [6.45, 7) is 8.86. The number of hydrogen-bond acceptors (Lipinski definition) is 5. The Bertz CT molecular complexity index is 1200. The van der Waals surface area contributed by atoms with Crippen LogP contribution in [0.3, 0.4) is 0 Å². The first-order valence-corrected chi connectivity index (χ1v) is 13.7. The predicted octanol–water partition coefficient (Wildman–Crippen LogP) is 3.26. The number of benzene rings is 2. The number of amides is 2. The summed E-state index contributed by atoms with van der Waals surface area (Å²) in [6, 6.07) is 11.8. The zero-order valence-electron chi connectivity index (χ0n) is 23.1. The fourth-order valence-electron chi connectivity index (χ4n) is 3.96. The van der Waals surface area contributed by atoms with Gasteiger partial charge < -0.3 is 15.0 Å². The highest BCUT2D eigenvalue weighted by Gasteiger charge is 2.34. The Hall–Kier alpha value is -3.11. The maximum atomic E-state index is 13.9. The van der Waals surface area contributed by atoms with E-state index in [9.17, 15) is 18.0 Å². The number of carbonyl (C=O) groups excluding carboxylic acids is 2. The van der Waals surface area contributed by atoms with Crippen LogP contribution in [0.2, 0.25) is 0 Å². The summed E-state index contributed by atoms with van der Waals surface area (Å²) in [7, 11) is 0.395. The van der Waals surface area contributed by atoms with E-state index in [0.29, 0.717) is 23.4 Å². The van der Waals surface area contributed by atoms with Gasteiger partial charge in [-0.2, -0.15) is 12.7 Å². The molecule has 0 heterocycles. The van der Waals surface area contributed by atoms with Crippen molar-refractivity contribution in [1.82, 2.24) is 14.5 Å². The first-order valence-electron chi connectivity index (χ1n) is 12.3. The number of hydrogen-bond donors (Lipinski definition) is 1. The number of methoxy groups -OCH3 is 1. The molecule has 0 saturated carbocycles. The molecule has 2 rings (SSSR count). The molecule has 10 heteroatoms. The van der Waals surface area contributed by atoms with Gasteiger partial charge in [0.1, 0.15) is 18.3 Å². The molecule has 0 aliphatic heterocycles. The number of ether oxygens (including phenoxy) is 1. The van der Waals surface area contributed by atoms with Crippen LogP contribution in [0.15, 0.2) is 42.5 Å². The summed E-state index contributed by atoms with van der Waals surface area (Å²) in [5.74, 6) is -0.154. The summed E-state index contributed by atoms with van der Waals surface area (Å²) in [6.07, 6.45) is 0.359. The first kappa shape index (κ1) is 30.1. The molecule has 0 bridgehead atoms. The van der Waals surface area contributed by atoms with Gasteiger partial charge in [-0.3, -0.25) is 9.59 Å². The number of nitrogens with one attached hydrogen (secondary N) is 1. The van der Waals surface area contributed by atoms with E-state index in [1.807, 2.05) is 52.0 Å². The Morgan fingerprint density at radius 1 is 1.05 bits per heavy atom. The van der Waals surface area contributed by atoms with Crippen molar-refractivity contribution in [3.63, 3.8) is 0 Å². The molecule has 204 valence electrons. The third-order valence-corrected chi connectivity index (χ3v) is 7.76. The highest BCUT2D eigenvalue weighted by atomic mass is 32.2. The van der Waals surface area contributed by atoms with E-state index < -0.39 is 28.7 Å². The molecule has 9 nitrogen and oxygen atoms in total. The van der Waals surface area contributed by atoms with Crippen LogP contribution < -0.4 is 14.4 Å². The Balaban J connectivity index is 2.57. The van der Waals surface area contributed by atoms with E-state index in [2.05, 4.69) is 5.32 Å². The van der Waals surface area contributed by atoms with Gasteiger partial charge in [-0.25, -0.2) is 4.31 Å². The standard InChI is InChI=1S/C27H40N4O5S/c1-9-24(27(33)28-19(2)3)30(17-22-11-10-12-23(16-22)36-8)26(32)18-31(37(34,35)29(6)7)25-15-20(4)13-14-21(25)5/h10-16,19,24H,9,17-18H2,1-8H3,(H,28,33)/t24-/m1/s1. The van der Waals surface area contributed by atoms with Gasteiger partial charge in [0.05, 0.1) is 12.8 Å². The maximum absolute atomic E-state index is 13.9. The predicted molar refractivity (Wildman–Crippen MR) is 147 cm³/mol. The lowest BCUT2D eigenvalue weighted by Crippen LogP contribution is -2.54. The Labute approximate surface area is 221 Å². The minimum atomic E-state index is -4.02. The molecule has 2 amide bonds. The molecule has 37 heavy (non-hydrogen) atoms. The zero-order chi connectivity index (χ0) is 27.9. The Kier molecular flexibility index (Phi) is 10.5. The van der Waals surface area contributed by atoms with Crippen LogP contribution in [0.25, 0.3) is 0 Å². The molecule has 0 aromatic heterocycles. The molecular weight excluding hydrogens is 492 g/mol. The van der Waals surface area contributed by atoms with Crippen molar-refractivity contribution < 1.29 is 22.7 Å². The van der Waals surface area contributed by atoms with Crippen LogP contribution in [0.1, 0.15) is 43.9 Å². The molecule has 0 spiro atoms. The molecular formula is C27H40N4O5S. The number of rotatable bonds is 12. The highest BCUT2D eigenvalue weighted by Crippen LogP contribution is 2.26.